The van der Waals surface area contributed by atoms with Gasteiger partial charge in [0.25, 0.3) is 0 Å². The molecule has 6 nitrogen and oxygen atoms in total. The summed E-state index contributed by atoms with van der Waals surface area (Å²) in [6.07, 6.45) is 0.672. The number of hydrogen-bond acceptors (Lipinski definition) is 4. The molecule has 0 radical (unpaired) electrons. The Hall–Kier alpha value is -4.00. The van der Waals surface area contributed by atoms with Crippen LogP contribution in [0.15, 0.2) is 48.5 Å². The highest BCUT2D eigenvalue weighted by atomic mass is 16.3. The largest absolute Gasteiger partial charge is 0.872 e. The highest BCUT2D eigenvalue weighted by Gasteiger charge is 2.25. The van der Waals surface area contributed by atoms with Crippen molar-refractivity contribution in [2.45, 2.75) is 66.7 Å². The zero-order chi connectivity index (χ0) is 32.1. The van der Waals surface area contributed by atoms with E-state index >= 15 is 0 Å². The molecule has 0 fully saturated rings. The number of fused-ring (bicyclic) bond motifs is 8. The standard InChI is InChI=1S/C38H46N2O4/c1-23-9-27-17-28-10-24(2)14-33(36(28)42)21-40(7,8)22-34-16-26(4)12-30(38(34)44)18-29-11-25(3)15-32(37(29)43)20-39(5,6)19-31(13-23)35(27)41/h9-16H,17-22H2,1-8H3,(H2-2,41,42,43,44). The van der Waals surface area contributed by atoms with E-state index in [1.165, 1.54) is 0 Å². The topological polar surface area (TPSA) is 86.6 Å². The maximum atomic E-state index is 13.9. The molecule has 0 amide bonds. The lowest BCUT2D eigenvalue weighted by Gasteiger charge is -2.34. The highest BCUT2D eigenvalue weighted by Crippen LogP contribution is 2.36. The summed E-state index contributed by atoms with van der Waals surface area (Å²) >= 11 is 0. The van der Waals surface area contributed by atoms with Crippen molar-refractivity contribution >= 4 is 0 Å². The van der Waals surface area contributed by atoms with E-state index in [0.29, 0.717) is 59.1 Å². The van der Waals surface area contributed by atoms with Crippen LogP contribution in [0.4, 0.5) is 0 Å². The van der Waals surface area contributed by atoms with Crippen LogP contribution in [0, 0.1) is 27.7 Å². The Morgan fingerprint density at radius 2 is 0.682 bits per heavy atom. The van der Waals surface area contributed by atoms with Crippen molar-refractivity contribution in [1.82, 2.24) is 0 Å². The second kappa shape index (κ2) is 11.5. The number of aryl methyl sites for hydroxylation is 4. The van der Waals surface area contributed by atoms with Crippen molar-refractivity contribution in [2.75, 3.05) is 28.2 Å². The fourth-order valence-electron chi connectivity index (χ4n) is 7.10. The first kappa shape index (κ1) is 31.4. The normalized spacial score (nSPS) is 16.4. The summed E-state index contributed by atoms with van der Waals surface area (Å²) in [5, 5.41) is 50.7. The molecule has 5 rings (SSSR count). The first-order valence-electron chi connectivity index (χ1n) is 15.4. The third kappa shape index (κ3) is 6.72. The van der Waals surface area contributed by atoms with Gasteiger partial charge >= 0.3 is 0 Å². The van der Waals surface area contributed by atoms with Gasteiger partial charge in [-0.3, -0.25) is 0 Å². The van der Waals surface area contributed by atoms with E-state index in [0.717, 1.165) is 55.6 Å². The molecular weight excluding hydrogens is 548 g/mol. The van der Waals surface area contributed by atoms with Crippen molar-refractivity contribution in [3.63, 3.8) is 0 Å². The summed E-state index contributed by atoms with van der Waals surface area (Å²) in [6.45, 7) is 10.0. The number of aromatic hydroxyl groups is 2. The summed E-state index contributed by atoms with van der Waals surface area (Å²) in [5.41, 5.74) is 9.90. The predicted molar refractivity (Wildman–Crippen MR) is 172 cm³/mol. The van der Waals surface area contributed by atoms with Crippen molar-refractivity contribution in [3.05, 3.63) is 115 Å². The van der Waals surface area contributed by atoms with Crippen LogP contribution >= 0.6 is 0 Å². The van der Waals surface area contributed by atoms with Crippen molar-refractivity contribution < 1.29 is 29.4 Å². The van der Waals surface area contributed by atoms with Crippen LogP contribution in [0.5, 0.6) is 23.0 Å². The van der Waals surface area contributed by atoms with Gasteiger partial charge in [-0.25, -0.2) is 0 Å². The number of nitrogens with zero attached hydrogens (tertiary/aromatic N) is 2. The molecule has 0 atom stereocenters. The Kier molecular flexibility index (Phi) is 8.21. The molecule has 1 aliphatic rings. The molecule has 8 bridgehead atoms. The molecule has 4 aromatic rings. The maximum Gasteiger partial charge on any atom is 0.127 e. The monoisotopic (exact) mass is 594 g/mol. The average Bonchev–Trinajstić information content (AvgIpc) is 2.89. The summed E-state index contributed by atoms with van der Waals surface area (Å²) in [4.78, 5) is 0. The quantitative estimate of drug-likeness (QED) is 0.262. The number of benzene rings is 4. The van der Waals surface area contributed by atoms with Gasteiger partial charge in [-0.05, 0) is 62.1 Å². The van der Waals surface area contributed by atoms with Gasteiger partial charge in [-0.15, -0.1) is 0 Å². The molecule has 44 heavy (non-hydrogen) atoms. The minimum absolute atomic E-state index is 0.000700. The van der Waals surface area contributed by atoms with E-state index in [1.807, 2.05) is 76.2 Å². The molecule has 0 spiro atoms. The second-order valence-electron chi connectivity index (χ2n) is 14.5. The van der Waals surface area contributed by atoms with Crippen molar-refractivity contribution in [2.24, 2.45) is 0 Å². The fourth-order valence-corrected chi connectivity index (χ4v) is 7.10. The molecule has 4 aromatic carbocycles. The van der Waals surface area contributed by atoms with Gasteiger partial charge in [0.1, 0.15) is 37.7 Å². The SMILES string of the molecule is Cc1cc2c([O-])c(c1)C[N+](C)(C)Cc1cc(C)cc(c1O)Cc1cc(C)cc(c1[O-])C[N+](C)(C)Cc1cc(C)cc(c1O)C2. The van der Waals surface area contributed by atoms with Crippen molar-refractivity contribution in [3.8, 4) is 23.0 Å². The average molecular weight is 595 g/mol. The van der Waals surface area contributed by atoms with Gasteiger partial charge < -0.3 is 29.4 Å². The summed E-state index contributed by atoms with van der Waals surface area (Å²) in [7, 11) is 8.26. The Labute approximate surface area is 262 Å². The van der Waals surface area contributed by atoms with Gasteiger partial charge in [0, 0.05) is 24.0 Å². The first-order valence-corrected chi connectivity index (χ1v) is 15.4. The zero-order valence-electron chi connectivity index (χ0n) is 27.5. The Balaban J connectivity index is 1.70. The lowest BCUT2D eigenvalue weighted by atomic mass is 9.93. The summed E-state index contributed by atoms with van der Waals surface area (Å²) in [6, 6.07) is 15.7. The predicted octanol–water partition coefficient (Wildman–Crippen LogP) is 5.53. The van der Waals surface area contributed by atoms with Gasteiger partial charge in [0.15, 0.2) is 0 Å². The van der Waals surface area contributed by atoms with E-state index in [2.05, 4.69) is 28.2 Å². The van der Waals surface area contributed by atoms with E-state index in [4.69, 9.17) is 0 Å². The van der Waals surface area contributed by atoms with Gasteiger partial charge in [0.05, 0.1) is 28.2 Å². The number of hydrogen-bond donors (Lipinski definition) is 2. The van der Waals surface area contributed by atoms with Crippen LogP contribution < -0.4 is 10.2 Å². The molecule has 232 valence electrons. The highest BCUT2D eigenvalue weighted by molar-refractivity contribution is 5.52. The number of phenolic OH excluding ortho intramolecular Hbond substituents is 2. The molecular formula is C38H46N2O4. The number of quaternary nitrogens is 2. The molecule has 1 heterocycles. The molecule has 0 saturated heterocycles. The molecule has 0 aromatic heterocycles. The molecule has 6 heteroatoms. The van der Waals surface area contributed by atoms with Gasteiger partial charge in [0.2, 0.25) is 0 Å². The van der Waals surface area contributed by atoms with Crippen molar-refractivity contribution in [1.29, 1.82) is 0 Å². The van der Waals surface area contributed by atoms with E-state index in [9.17, 15) is 20.4 Å². The Bertz CT molecular complexity index is 1500. The molecule has 0 unspecified atom stereocenters. The lowest BCUT2D eigenvalue weighted by Crippen LogP contribution is -2.38. The maximum absolute atomic E-state index is 13.9. The van der Waals surface area contributed by atoms with Crippen LogP contribution in [-0.4, -0.2) is 47.4 Å². The van der Waals surface area contributed by atoms with Crippen LogP contribution in [0.2, 0.25) is 0 Å². The Morgan fingerprint density at radius 1 is 0.432 bits per heavy atom. The number of rotatable bonds is 0. The molecule has 1 aliphatic heterocycles. The third-order valence-corrected chi connectivity index (χ3v) is 8.75. The van der Waals surface area contributed by atoms with Crippen LogP contribution in [0.3, 0.4) is 0 Å². The van der Waals surface area contributed by atoms with E-state index < -0.39 is 0 Å². The third-order valence-electron chi connectivity index (χ3n) is 8.75. The number of phenols is 2. The van der Waals surface area contributed by atoms with Gasteiger partial charge in [-0.2, -0.15) is 0 Å². The Morgan fingerprint density at radius 3 is 1.02 bits per heavy atom. The summed E-state index contributed by atoms with van der Waals surface area (Å²) < 4.78 is 0.922. The zero-order valence-corrected chi connectivity index (χ0v) is 27.5. The molecule has 0 saturated carbocycles. The van der Waals surface area contributed by atoms with Crippen LogP contribution in [0.25, 0.3) is 0 Å². The van der Waals surface area contributed by atoms with E-state index in [1.54, 1.807) is 0 Å². The smallest absolute Gasteiger partial charge is 0.127 e. The summed E-state index contributed by atoms with van der Waals surface area (Å²) in [5.74, 6) is 0.430. The molecule has 0 aliphatic carbocycles. The van der Waals surface area contributed by atoms with Gasteiger partial charge in [-0.1, -0.05) is 81.3 Å². The minimum Gasteiger partial charge on any atom is -0.872 e. The van der Waals surface area contributed by atoms with Crippen LogP contribution in [-0.2, 0) is 39.0 Å². The molecule has 2 N–H and O–H groups in total. The van der Waals surface area contributed by atoms with E-state index in [-0.39, 0.29) is 23.0 Å². The minimum atomic E-state index is 0.000700. The van der Waals surface area contributed by atoms with Crippen LogP contribution in [0.1, 0.15) is 66.8 Å². The fraction of sp³-hybridized carbons (Fsp3) is 0.368. The second-order valence-corrected chi connectivity index (χ2v) is 14.5. The lowest BCUT2D eigenvalue weighted by molar-refractivity contribution is -0.917. The first-order chi connectivity index (χ1) is 20.5.